The molecule has 1 aliphatic heterocycles. The average molecular weight is 318 g/mol. The number of amides is 1. The van der Waals surface area contributed by atoms with Crippen LogP contribution in [0.1, 0.15) is 11.3 Å². The summed E-state index contributed by atoms with van der Waals surface area (Å²) in [5.74, 6) is 0.894. The van der Waals surface area contributed by atoms with E-state index in [1.165, 1.54) is 0 Å². The third-order valence-electron chi connectivity index (χ3n) is 3.46. The molecule has 7 heteroatoms. The van der Waals surface area contributed by atoms with E-state index in [2.05, 4.69) is 20.2 Å². The Bertz CT molecular complexity index is 612. The van der Waals surface area contributed by atoms with Gasteiger partial charge in [0.1, 0.15) is 12.1 Å². The predicted molar refractivity (Wildman–Crippen MR) is 84.9 cm³/mol. The summed E-state index contributed by atoms with van der Waals surface area (Å²) in [4.78, 5) is 22.6. The molecule has 3 heterocycles. The van der Waals surface area contributed by atoms with Crippen LogP contribution in [0.25, 0.3) is 0 Å². The second-order valence-corrected chi connectivity index (χ2v) is 5.83. The monoisotopic (exact) mass is 318 g/mol. The Morgan fingerprint density at radius 3 is 3.00 bits per heavy atom. The predicted octanol–water partition coefficient (Wildman–Crippen LogP) is 1.23. The first-order valence-electron chi connectivity index (χ1n) is 7.22. The van der Waals surface area contributed by atoms with Gasteiger partial charge in [-0.05, 0) is 22.4 Å². The summed E-state index contributed by atoms with van der Waals surface area (Å²) in [6, 6.07) is 3.89. The Balaban J connectivity index is 1.54. The lowest BCUT2D eigenvalue weighted by molar-refractivity contribution is -0.120. The van der Waals surface area contributed by atoms with Gasteiger partial charge in [-0.1, -0.05) is 0 Å². The molecule has 22 heavy (non-hydrogen) atoms. The molecule has 0 aliphatic carbocycles. The van der Waals surface area contributed by atoms with Crippen molar-refractivity contribution in [3.63, 3.8) is 0 Å². The number of aromatic nitrogens is 2. The maximum absolute atomic E-state index is 11.9. The minimum Gasteiger partial charge on any atom is -0.378 e. The minimum atomic E-state index is 0.00457. The standard InChI is InChI=1S/C15H18N4O2S/c20-15(7-12-1-6-22-10-12)16-9-13-8-14(18-11-17-13)19-2-4-21-5-3-19/h1,6,8,10-11H,2-5,7,9H2,(H,16,20). The van der Waals surface area contributed by atoms with E-state index in [0.29, 0.717) is 13.0 Å². The van der Waals surface area contributed by atoms with E-state index in [1.807, 2.05) is 22.9 Å². The van der Waals surface area contributed by atoms with Crippen LogP contribution in [0.15, 0.2) is 29.2 Å². The highest BCUT2D eigenvalue weighted by Gasteiger charge is 2.13. The first kappa shape index (κ1) is 14.9. The van der Waals surface area contributed by atoms with Crippen molar-refractivity contribution in [1.82, 2.24) is 15.3 Å². The Labute approximate surface area is 133 Å². The molecule has 2 aromatic heterocycles. The van der Waals surface area contributed by atoms with Crippen molar-refractivity contribution in [2.45, 2.75) is 13.0 Å². The molecule has 0 spiro atoms. The number of hydrogen-bond donors (Lipinski definition) is 1. The second-order valence-electron chi connectivity index (χ2n) is 5.05. The van der Waals surface area contributed by atoms with E-state index in [0.717, 1.165) is 43.4 Å². The molecule has 116 valence electrons. The van der Waals surface area contributed by atoms with Gasteiger partial charge < -0.3 is 15.0 Å². The third-order valence-corrected chi connectivity index (χ3v) is 4.19. The number of thiophene rings is 1. The number of morpholine rings is 1. The quantitative estimate of drug-likeness (QED) is 0.898. The van der Waals surface area contributed by atoms with Crippen molar-refractivity contribution in [3.8, 4) is 0 Å². The molecule has 0 unspecified atom stereocenters. The van der Waals surface area contributed by atoms with Gasteiger partial charge in [-0.2, -0.15) is 11.3 Å². The van der Waals surface area contributed by atoms with Crippen molar-refractivity contribution >= 4 is 23.1 Å². The molecule has 0 saturated carbocycles. The van der Waals surface area contributed by atoms with Gasteiger partial charge in [0.2, 0.25) is 5.91 Å². The van der Waals surface area contributed by atoms with Crippen molar-refractivity contribution in [2.75, 3.05) is 31.2 Å². The van der Waals surface area contributed by atoms with Crippen LogP contribution in [-0.2, 0) is 22.5 Å². The second kappa shape index (κ2) is 7.33. The zero-order chi connectivity index (χ0) is 15.2. The number of carbonyl (C=O) groups is 1. The van der Waals surface area contributed by atoms with Gasteiger partial charge in [0.05, 0.1) is 31.9 Å². The van der Waals surface area contributed by atoms with E-state index in [9.17, 15) is 4.79 Å². The number of carbonyl (C=O) groups excluding carboxylic acids is 1. The van der Waals surface area contributed by atoms with Gasteiger partial charge in [-0.3, -0.25) is 4.79 Å². The number of hydrogen-bond acceptors (Lipinski definition) is 6. The summed E-state index contributed by atoms with van der Waals surface area (Å²) in [5.41, 5.74) is 1.86. The van der Waals surface area contributed by atoms with E-state index in [1.54, 1.807) is 17.7 Å². The molecule has 1 amide bonds. The number of rotatable bonds is 5. The van der Waals surface area contributed by atoms with Crippen LogP contribution in [-0.4, -0.2) is 42.2 Å². The molecular formula is C15H18N4O2S. The lowest BCUT2D eigenvalue weighted by Gasteiger charge is -2.27. The van der Waals surface area contributed by atoms with Crippen LogP contribution < -0.4 is 10.2 Å². The average Bonchev–Trinajstić information content (AvgIpc) is 3.07. The van der Waals surface area contributed by atoms with E-state index in [4.69, 9.17) is 4.74 Å². The molecule has 2 aromatic rings. The van der Waals surface area contributed by atoms with E-state index >= 15 is 0 Å². The molecule has 0 aromatic carbocycles. The molecule has 1 fully saturated rings. The fourth-order valence-corrected chi connectivity index (χ4v) is 2.95. The summed E-state index contributed by atoms with van der Waals surface area (Å²) >= 11 is 1.60. The van der Waals surface area contributed by atoms with E-state index in [-0.39, 0.29) is 5.91 Å². The van der Waals surface area contributed by atoms with Gasteiger partial charge in [-0.25, -0.2) is 9.97 Å². The fourth-order valence-electron chi connectivity index (χ4n) is 2.28. The van der Waals surface area contributed by atoms with Crippen molar-refractivity contribution in [1.29, 1.82) is 0 Å². The maximum atomic E-state index is 11.9. The van der Waals surface area contributed by atoms with Crippen molar-refractivity contribution in [3.05, 3.63) is 40.5 Å². The summed E-state index contributed by atoms with van der Waals surface area (Å²) in [5, 5.41) is 6.86. The van der Waals surface area contributed by atoms with Gasteiger partial charge in [0.15, 0.2) is 0 Å². The highest BCUT2D eigenvalue weighted by molar-refractivity contribution is 7.07. The molecule has 3 rings (SSSR count). The normalized spacial score (nSPS) is 14.8. The first-order chi connectivity index (χ1) is 10.8. The van der Waals surface area contributed by atoms with E-state index < -0.39 is 0 Å². The Morgan fingerprint density at radius 1 is 1.36 bits per heavy atom. The van der Waals surface area contributed by atoms with Gasteiger partial charge >= 0.3 is 0 Å². The number of nitrogens with one attached hydrogen (secondary N) is 1. The van der Waals surface area contributed by atoms with Crippen LogP contribution in [0.5, 0.6) is 0 Å². The van der Waals surface area contributed by atoms with Crippen LogP contribution in [0.4, 0.5) is 5.82 Å². The molecule has 0 bridgehead atoms. The van der Waals surface area contributed by atoms with Crippen LogP contribution in [0.3, 0.4) is 0 Å². The smallest absolute Gasteiger partial charge is 0.224 e. The zero-order valence-electron chi connectivity index (χ0n) is 12.2. The number of nitrogens with zero attached hydrogens (tertiary/aromatic N) is 3. The summed E-state index contributed by atoms with van der Waals surface area (Å²) in [6.45, 7) is 3.53. The van der Waals surface area contributed by atoms with Crippen LogP contribution >= 0.6 is 11.3 Å². The maximum Gasteiger partial charge on any atom is 0.224 e. The zero-order valence-corrected chi connectivity index (χ0v) is 13.0. The molecule has 1 saturated heterocycles. The largest absolute Gasteiger partial charge is 0.378 e. The lowest BCUT2D eigenvalue weighted by Crippen LogP contribution is -2.37. The molecule has 0 radical (unpaired) electrons. The number of anilines is 1. The highest BCUT2D eigenvalue weighted by Crippen LogP contribution is 2.13. The van der Waals surface area contributed by atoms with Gasteiger partial charge in [0, 0.05) is 19.2 Å². The summed E-state index contributed by atoms with van der Waals surface area (Å²) in [6.07, 6.45) is 1.95. The molecule has 1 aliphatic rings. The highest BCUT2D eigenvalue weighted by atomic mass is 32.1. The molecule has 6 nitrogen and oxygen atoms in total. The van der Waals surface area contributed by atoms with Crippen molar-refractivity contribution < 1.29 is 9.53 Å². The fraction of sp³-hybridized carbons (Fsp3) is 0.400. The van der Waals surface area contributed by atoms with Crippen LogP contribution in [0, 0.1) is 0 Å². The number of ether oxygens (including phenoxy) is 1. The third kappa shape index (κ3) is 4.02. The summed E-state index contributed by atoms with van der Waals surface area (Å²) in [7, 11) is 0. The summed E-state index contributed by atoms with van der Waals surface area (Å²) < 4.78 is 5.34. The lowest BCUT2D eigenvalue weighted by atomic mass is 10.2. The van der Waals surface area contributed by atoms with Gasteiger partial charge in [-0.15, -0.1) is 0 Å². The van der Waals surface area contributed by atoms with Gasteiger partial charge in [0.25, 0.3) is 0 Å². The Kier molecular flexibility index (Phi) is 4.97. The first-order valence-corrected chi connectivity index (χ1v) is 8.17. The molecule has 0 atom stereocenters. The Hall–Kier alpha value is -1.99. The SMILES string of the molecule is O=C(Cc1ccsc1)NCc1cc(N2CCOCC2)ncn1. The van der Waals surface area contributed by atoms with Crippen LogP contribution in [0.2, 0.25) is 0 Å². The molecule has 1 N–H and O–H groups in total. The van der Waals surface area contributed by atoms with Crippen molar-refractivity contribution in [2.24, 2.45) is 0 Å². The Morgan fingerprint density at radius 2 is 2.23 bits per heavy atom. The topological polar surface area (TPSA) is 67.4 Å². The molecular weight excluding hydrogens is 300 g/mol. The minimum absolute atomic E-state index is 0.00457.